The van der Waals surface area contributed by atoms with Crippen LogP contribution < -0.4 is 5.73 Å². The number of furan rings is 1. The lowest BCUT2D eigenvalue weighted by atomic mass is 10.3. The molecule has 3 heteroatoms. The second kappa shape index (κ2) is 3.22. The van der Waals surface area contributed by atoms with Crippen LogP contribution in [0.5, 0.6) is 0 Å². The average molecular weight is 237 g/mol. The first-order valence-corrected chi connectivity index (χ1v) is 3.85. The van der Waals surface area contributed by atoms with Crippen molar-refractivity contribution < 1.29 is 4.42 Å². The fourth-order valence-corrected chi connectivity index (χ4v) is 1.09. The Hall–Kier alpha value is -0.0300. The van der Waals surface area contributed by atoms with Crippen LogP contribution >= 0.6 is 22.6 Å². The highest BCUT2D eigenvalue weighted by molar-refractivity contribution is 14.1. The Morgan fingerprint density at radius 2 is 2.33 bits per heavy atom. The van der Waals surface area contributed by atoms with Crippen molar-refractivity contribution in [3.63, 3.8) is 0 Å². The van der Waals surface area contributed by atoms with Gasteiger partial charge in [0.25, 0.3) is 0 Å². The lowest BCUT2D eigenvalue weighted by Gasteiger charge is -1.87. The van der Waals surface area contributed by atoms with Crippen LogP contribution in [0.4, 0.5) is 0 Å². The fraction of sp³-hybridized carbons (Fsp3) is 0.333. The third kappa shape index (κ3) is 1.98. The summed E-state index contributed by atoms with van der Waals surface area (Å²) in [5.41, 5.74) is 5.31. The van der Waals surface area contributed by atoms with Crippen LogP contribution in [0.25, 0.3) is 0 Å². The maximum atomic E-state index is 5.31. The Kier molecular flexibility index (Phi) is 2.53. The molecular formula is C6H8INO. The van der Waals surface area contributed by atoms with Gasteiger partial charge in [-0.1, -0.05) is 0 Å². The van der Waals surface area contributed by atoms with E-state index in [-0.39, 0.29) is 0 Å². The number of rotatable bonds is 2. The number of hydrogen-bond donors (Lipinski definition) is 1. The first-order chi connectivity index (χ1) is 4.33. The van der Waals surface area contributed by atoms with Crippen LogP contribution in [0.2, 0.25) is 0 Å². The summed E-state index contributed by atoms with van der Waals surface area (Å²) in [6, 6.07) is 3.89. The summed E-state index contributed by atoms with van der Waals surface area (Å²) in [6.07, 6.45) is 0.836. The standard InChI is InChI=1S/C6H8INO/c7-6-2-1-5(9-6)3-4-8/h1-2H,3-4,8H2. The molecule has 0 bridgehead atoms. The summed E-state index contributed by atoms with van der Waals surface area (Å²) >= 11 is 2.13. The Morgan fingerprint density at radius 1 is 1.56 bits per heavy atom. The molecule has 0 aliphatic rings. The highest BCUT2D eigenvalue weighted by atomic mass is 127. The minimum atomic E-state index is 0.656. The third-order valence-corrected chi connectivity index (χ3v) is 1.60. The zero-order chi connectivity index (χ0) is 6.69. The summed E-state index contributed by atoms with van der Waals surface area (Å²) < 4.78 is 6.16. The highest BCUT2D eigenvalue weighted by Crippen LogP contribution is 2.09. The Labute approximate surface area is 67.6 Å². The van der Waals surface area contributed by atoms with Crippen LogP contribution in [-0.2, 0) is 6.42 Å². The molecule has 0 amide bonds. The van der Waals surface area contributed by atoms with Crippen molar-refractivity contribution in [1.82, 2.24) is 0 Å². The van der Waals surface area contributed by atoms with Crippen molar-refractivity contribution in [3.8, 4) is 0 Å². The smallest absolute Gasteiger partial charge is 0.163 e. The van der Waals surface area contributed by atoms with Gasteiger partial charge in [-0.2, -0.15) is 0 Å². The van der Waals surface area contributed by atoms with Crippen LogP contribution in [0.1, 0.15) is 5.76 Å². The Bertz CT molecular complexity index is 185. The van der Waals surface area contributed by atoms with Crippen molar-refractivity contribution in [2.24, 2.45) is 5.73 Å². The monoisotopic (exact) mass is 237 g/mol. The van der Waals surface area contributed by atoms with Crippen LogP contribution in [0.15, 0.2) is 16.5 Å². The van der Waals surface area contributed by atoms with Gasteiger partial charge in [0.1, 0.15) is 5.76 Å². The van der Waals surface area contributed by atoms with Gasteiger partial charge in [-0.15, -0.1) is 0 Å². The molecule has 0 saturated carbocycles. The van der Waals surface area contributed by atoms with Gasteiger partial charge in [0.2, 0.25) is 0 Å². The van der Waals surface area contributed by atoms with Crippen LogP contribution in [0.3, 0.4) is 0 Å². The van der Waals surface area contributed by atoms with E-state index in [9.17, 15) is 0 Å². The molecule has 1 aromatic heterocycles. The van der Waals surface area contributed by atoms with Crippen LogP contribution in [0, 0.1) is 3.77 Å². The van der Waals surface area contributed by atoms with Crippen molar-refractivity contribution in [2.45, 2.75) is 6.42 Å². The summed E-state index contributed by atoms with van der Waals surface area (Å²) in [7, 11) is 0. The fourth-order valence-electron chi connectivity index (χ4n) is 0.628. The molecule has 2 nitrogen and oxygen atoms in total. The van der Waals surface area contributed by atoms with Crippen molar-refractivity contribution >= 4 is 22.6 Å². The van der Waals surface area contributed by atoms with Crippen LogP contribution in [-0.4, -0.2) is 6.54 Å². The summed E-state index contributed by atoms with van der Waals surface area (Å²) in [4.78, 5) is 0. The Morgan fingerprint density at radius 3 is 2.78 bits per heavy atom. The van der Waals surface area contributed by atoms with Gasteiger partial charge in [0.15, 0.2) is 3.77 Å². The second-order valence-electron chi connectivity index (χ2n) is 1.74. The lowest BCUT2D eigenvalue weighted by Crippen LogP contribution is -2.01. The van der Waals surface area contributed by atoms with E-state index in [1.54, 1.807) is 0 Å². The zero-order valence-corrected chi connectivity index (χ0v) is 7.09. The molecule has 1 aromatic rings. The molecular weight excluding hydrogens is 229 g/mol. The van der Waals surface area contributed by atoms with E-state index in [4.69, 9.17) is 10.2 Å². The Balaban J connectivity index is 2.61. The molecule has 50 valence electrons. The van der Waals surface area contributed by atoms with Gasteiger partial charge in [-0.3, -0.25) is 0 Å². The van der Waals surface area contributed by atoms with E-state index in [1.165, 1.54) is 0 Å². The van der Waals surface area contributed by atoms with Crippen molar-refractivity contribution in [2.75, 3.05) is 6.54 Å². The van der Waals surface area contributed by atoms with Gasteiger partial charge >= 0.3 is 0 Å². The molecule has 1 heterocycles. The maximum Gasteiger partial charge on any atom is 0.163 e. The normalized spacial score (nSPS) is 10.0. The van der Waals surface area contributed by atoms with Gasteiger partial charge in [0.05, 0.1) is 0 Å². The predicted octanol–water partition coefficient (Wildman–Crippen LogP) is 1.39. The van der Waals surface area contributed by atoms with E-state index < -0.39 is 0 Å². The molecule has 0 unspecified atom stereocenters. The first-order valence-electron chi connectivity index (χ1n) is 2.77. The summed E-state index contributed by atoms with van der Waals surface area (Å²) in [6.45, 7) is 0.656. The molecule has 0 aliphatic carbocycles. The molecule has 0 radical (unpaired) electrons. The molecule has 9 heavy (non-hydrogen) atoms. The molecule has 0 fully saturated rings. The quantitative estimate of drug-likeness (QED) is 0.789. The van der Waals surface area contributed by atoms with Gasteiger partial charge in [0, 0.05) is 6.42 Å². The first kappa shape index (κ1) is 7.08. The van der Waals surface area contributed by atoms with E-state index in [0.29, 0.717) is 6.54 Å². The van der Waals surface area contributed by atoms with Crippen molar-refractivity contribution in [1.29, 1.82) is 0 Å². The number of halogens is 1. The van der Waals surface area contributed by atoms with E-state index in [1.807, 2.05) is 12.1 Å². The van der Waals surface area contributed by atoms with E-state index in [2.05, 4.69) is 22.6 Å². The maximum absolute atomic E-state index is 5.31. The SMILES string of the molecule is NCCc1ccc(I)o1. The summed E-state index contributed by atoms with van der Waals surface area (Å²) in [5.74, 6) is 0.974. The van der Waals surface area contributed by atoms with Gasteiger partial charge in [-0.05, 0) is 41.3 Å². The molecule has 0 atom stereocenters. The van der Waals surface area contributed by atoms with Gasteiger partial charge < -0.3 is 10.2 Å². The molecule has 2 N–H and O–H groups in total. The largest absolute Gasteiger partial charge is 0.455 e. The molecule has 1 rings (SSSR count). The second-order valence-corrected chi connectivity index (χ2v) is 2.81. The predicted molar refractivity (Wildman–Crippen MR) is 44.2 cm³/mol. The average Bonchev–Trinajstić information content (AvgIpc) is 2.17. The lowest BCUT2D eigenvalue weighted by molar-refractivity contribution is 0.486. The highest BCUT2D eigenvalue weighted by Gasteiger charge is 1.95. The topological polar surface area (TPSA) is 39.2 Å². The van der Waals surface area contributed by atoms with E-state index in [0.717, 1.165) is 15.9 Å². The minimum absolute atomic E-state index is 0.656. The third-order valence-electron chi connectivity index (χ3n) is 1.02. The molecule has 0 aliphatic heterocycles. The zero-order valence-electron chi connectivity index (χ0n) is 4.93. The molecule has 0 aromatic carbocycles. The number of hydrogen-bond acceptors (Lipinski definition) is 2. The molecule has 0 spiro atoms. The van der Waals surface area contributed by atoms with Crippen molar-refractivity contribution in [3.05, 3.63) is 21.7 Å². The van der Waals surface area contributed by atoms with Gasteiger partial charge in [-0.25, -0.2) is 0 Å². The molecule has 0 saturated heterocycles. The minimum Gasteiger partial charge on any atom is -0.455 e. The number of nitrogens with two attached hydrogens (primary N) is 1. The van der Waals surface area contributed by atoms with E-state index >= 15 is 0 Å². The summed E-state index contributed by atoms with van der Waals surface area (Å²) in [5, 5.41) is 0.